The maximum absolute atomic E-state index is 13.8. The van der Waals surface area contributed by atoms with Crippen LogP contribution in [0.3, 0.4) is 0 Å². The molecule has 0 N–H and O–H groups in total. The van der Waals surface area contributed by atoms with Gasteiger partial charge in [0.05, 0.1) is 41.4 Å². The van der Waals surface area contributed by atoms with Crippen LogP contribution in [0.25, 0.3) is 21.6 Å². The summed E-state index contributed by atoms with van der Waals surface area (Å²) in [5.74, 6) is 1.69. The van der Waals surface area contributed by atoms with Crippen molar-refractivity contribution in [1.82, 2.24) is 24.6 Å². The van der Waals surface area contributed by atoms with Crippen LogP contribution in [0.15, 0.2) is 41.8 Å². The second-order valence-corrected chi connectivity index (χ2v) is 9.63. The molecule has 0 saturated carbocycles. The molecule has 8 nitrogen and oxygen atoms in total. The van der Waals surface area contributed by atoms with Crippen LogP contribution < -0.4 is 9.47 Å². The molecule has 0 radical (unpaired) electrons. The Labute approximate surface area is 208 Å². The van der Waals surface area contributed by atoms with E-state index in [2.05, 4.69) is 10.00 Å². The Morgan fingerprint density at radius 1 is 1.09 bits per heavy atom. The number of aryl methyl sites for hydroxylation is 2. The fourth-order valence-corrected chi connectivity index (χ4v) is 5.38. The van der Waals surface area contributed by atoms with E-state index in [1.165, 1.54) is 0 Å². The summed E-state index contributed by atoms with van der Waals surface area (Å²) in [7, 11) is 5.22. The Morgan fingerprint density at radius 2 is 1.89 bits per heavy atom. The van der Waals surface area contributed by atoms with Crippen molar-refractivity contribution in [3.8, 4) is 22.1 Å². The molecule has 0 bridgehead atoms. The Bertz CT molecular complexity index is 1360. The fourth-order valence-electron chi connectivity index (χ4n) is 4.69. The number of thiophene rings is 1. The van der Waals surface area contributed by atoms with Gasteiger partial charge in [-0.25, -0.2) is 4.98 Å². The lowest BCUT2D eigenvalue weighted by molar-refractivity contribution is 0.0629. The van der Waals surface area contributed by atoms with Gasteiger partial charge in [0.1, 0.15) is 11.5 Å². The Balaban J connectivity index is 1.37. The summed E-state index contributed by atoms with van der Waals surface area (Å²) in [5.41, 5.74) is 4.11. The van der Waals surface area contributed by atoms with E-state index in [0.717, 1.165) is 64.0 Å². The largest absolute Gasteiger partial charge is 0.497 e. The number of benzene rings is 1. The van der Waals surface area contributed by atoms with Gasteiger partial charge in [0.25, 0.3) is 5.91 Å². The van der Waals surface area contributed by atoms with Gasteiger partial charge in [0.2, 0.25) is 0 Å². The third-order valence-corrected chi connectivity index (χ3v) is 7.41. The molecule has 4 heterocycles. The highest BCUT2D eigenvalue weighted by Gasteiger charge is 2.27. The summed E-state index contributed by atoms with van der Waals surface area (Å²) in [6, 6.07) is 11.8. The van der Waals surface area contributed by atoms with Crippen molar-refractivity contribution in [2.75, 3.05) is 40.4 Å². The summed E-state index contributed by atoms with van der Waals surface area (Å²) >= 11 is 1.62. The monoisotopic (exact) mass is 491 g/mol. The first-order valence-electron chi connectivity index (χ1n) is 11.6. The van der Waals surface area contributed by atoms with Crippen molar-refractivity contribution in [3.05, 3.63) is 58.6 Å². The number of aromatic nitrogens is 3. The van der Waals surface area contributed by atoms with E-state index in [-0.39, 0.29) is 5.91 Å². The Kier molecular flexibility index (Phi) is 6.44. The summed E-state index contributed by atoms with van der Waals surface area (Å²) in [6.45, 7) is 5.55. The van der Waals surface area contributed by atoms with Crippen LogP contribution in [0.1, 0.15) is 21.6 Å². The van der Waals surface area contributed by atoms with E-state index >= 15 is 0 Å². The van der Waals surface area contributed by atoms with Gasteiger partial charge in [-0.1, -0.05) is 6.07 Å². The van der Waals surface area contributed by atoms with Crippen molar-refractivity contribution in [2.24, 2.45) is 7.05 Å². The third-order valence-electron chi connectivity index (χ3n) is 6.51. The van der Waals surface area contributed by atoms with Crippen LogP contribution in [0.5, 0.6) is 11.5 Å². The standard InChI is InChI=1S/C26H29N5O3S/c1-17-24-20(15-21(23-6-5-13-35-23)27-25(24)29(2)28-17)26(32)31-11-9-30(10-12-31)16-18-14-19(33-3)7-8-22(18)34-4/h5-8,13-15H,9-12,16H2,1-4H3. The maximum atomic E-state index is 13.8. The number of methoxy groups -OCH3 is 2. The highest BCUT2D eigenvalue weighted by atomic mass is 32.1. The van der Waals surface area contributed by atoms with E-state index in [0.29, 0.717) is 18.7 Å². The Morgan fingerprint density at radius 3 is 2.57 bits per heavy atom. The highest BCUT2D eigenvalue weighted by Crippen LogP contribution is 2.30. The molecule has 1 aromatic carbocycles. The van der Waals surface area contributed by atoms with Crippen LogP contribution in [0.4, 0.5) is 0 Å². The fraction of sp³-hybridized carbons (Fsp3) is 0.346. The molecule has 1 amide bonds. The summed E-state index contributed by atoms with van der Waals surface area (Å²) in [6.07, 6.45) is 0. The quantitative estimate of drug-likeness (QED) is 0.406. The average Bonchev–Trinajstić information content (AvgIpc) is 3.52. The number of piperazine rings is 1. The topological polar surface area (TPSA) is 72.7 Å². The normalized spacial score (nSPS) is 14.5. The molecule has 0 unspecified atom stereocenters. The SMILES string of the molecule is COc1ccc(OC)c(CN2CCN(C(=O)c3cc(-c4cccs4)nc4c3c(C)nn4C)CC2)c1. The molecule has 5 rings (SSSR count). The number of carbonyl (C=O) groups is 1. The molecule has 3 aromatic heterocycles. The molecule has 1 aliphatic heterocycles. The minimum Gasteiger partial charge on any atom is -0.497 e. The second kappa shape index (κ2) is 9.67. The van der Waals surface area contributed by atoms with Gasteiger partial charge in [-0.2, -0.15) is 5.10 Å². The van der Waals surface area contributed by atoms with Gasteiger partial charge in [0, 0.05) is 45.3 Å². The van der Waals surface area contributed by atoms with Crippen LogP contribution >= 0.6 is 11.3 Å². The van der Waals surface area contributed by atoms with Gasteiger partial charge in [0.15, 0.2) is 5.65 Å². The first kappa shape index (κ1) is 23.3. The van der Waals surface area contributed by atoms with Gasteiger partial charge in [-0.15, -0.1) is 11.3 Å². The zero-order chi connectivity index (χ0) is 24.5. The molecule has 0 atom stereocenters. The van der Waals surface area contributed by atoms with Crippen LogP contribution in [-0.2, 0) is 13.6 Å². The number of rotatable bonds is 6. The van der Waals surface area contributed by atoms with E-state index in [1.807, 2.05) is 60.6 Å². The molecular weight excluding hydrogens is 462 g/mol. The van der Waals surface area contributed by atoms with E-state index in [1.54, 1.807) is 30.2 Å². The third kappa shape index (κ3) is 4.49. The molecule has 1 fully saturated rings. The molecule has 1 aliphatic rings. The first-order chi connectivity index (χ1) is 17.0. The van der Waals surface area contributed by atoms with Crippen LogP contribution in [0.2, 0.25) is 0 Å². The average molecular weight is 492 g/mol. The minimum absolute atomic E-state index is 0.0323. The minimum atomic E-state index is 0.0323. The number of nitrogens with zero attached hydrogens (tertiary/aromatic N) is 5. The molecule has 9 heteroatoms. The number of hydrogen-bond donors (Lipinski definition) is 0. The molecular formula is C26H29N5O3S. The van der Waals surface area contributed by atoms with Gasteiger partial charge in [-0.3, -0.25) is 14.4 Å². The molecule has 1 saturated heterocycles. The number of amides is 1. The van der Waals surface area contributed by atoms with Crippen LogP contribution in [-0.4, -0.2) is 70.9 Å². The summed E-state index contributed by atoms with van der Waals surface area (Å²) < 4.78 is 12.7. The van der Waals surface area contributed by atoms with Gasteiger partial charge < -0.3 is 14.4 Å². The highest BCUT2D eigenvalue weighted by molar-refractivity contribution is 7.13. The maximum Gasteiger partial charge on any atom is 0.254 e. The predicted octanol–water partition coefficient (Wildman–Crippen LogP) is 3.98. The zero-order valence-electron chi connectivity index (χ0n) is 20.4. The predicted molar refractivity (Wildman–Crippen MR) is 137 cm³/mol. The smallest absolute Gasteiger partial charge is 0.254 e. The lowest BCUT2D eigenvalue weighted by Crippen LogP contribution is -2.48. The van der Waals surface area contributed by atoms with Crippen molar-refractivity contribution < 1.29 is 14.3 Å². The first-order valence-corrected chi connectivity index (χ1v) is 12.5. The van der Waals surface area contributed by atoms with Gasteiger partial charge in [-0.05, 0) is 42.6 Å². The van der Waals surface area contributed by atoms with E-state index < -0.39 is 0 Å². The Hall–Kier alpha value is -3.43. The number of carbonyl (C=O) groups excluding carboxylic acids is 1. The molecule has 35 heavy (non-hydrogen) atoms. The molecule has 4 aromatic rings. The number of fused-ring (bicyclic) bond motifs is 1. The number of ether oxygens (including phenoxy) is 2. The van der Waals surface area contributed by atoms with Crippen LogP contribution in [0, 0.1) is 6.92 Å². The summed E-state index contributed by atoms with van der Waals surface area (Å²) in [4.78, 5) is 23.9. The lowest BCUT2D eigenvalue weighted by atomic mass is 10.1. The molecule has 0 spiro atoms. The van der Waals surface area contributed by atoms with Crippen molar-refractivity contribution in [2.45, 2.75) is 13.5 Å². The summed E-state index contributed by atoms with van der Waals surface area (Å²) in [5, 5.41) is 7.40. The van der Waals surface area contributed by atoms with E-state index in [4.69, 9.17) is 14.5 Å². The van der Waals surface area contributed by atoms with Crippen molar-refractivity contribution in [3.63, 3.8) is 0 Å². The lowest BCUT2D eigenvalue weighted by Gasteiger charge is -2.35. The zero-order valence-corrected chi connectivity index (χ0v) is 21.3. The molecule has 0 aliphatic carbocycles. The number of hydrogen-bond acceptors (Lipinski definition) is 7. The van der Waals surface area contributed by atoms with Crippen molar-refractivity contribution >= 4 is 28.3 Å². The molecule has 182 valence electrons. The number of pyridine rings is 1. The second-order valence-electron chi connectivity index (χ2n) is 8.69. The van der Waals surface area contributed by atoms with Gasteiger partial charge >= 0.3 is 0 Å². The van der Waals surface area contributed by atoms with Crippen molar-refractivity contribution in [1.29, 1.82) is 0 Å². The van der Waals surface area contributed by atoms with E-state index in [9.17, 15) is 4.79 Å².